The molecule has 0 aliphatic heterocycles. The number of Topliss-reactive ketones (excluding diaryl/α,β-unsaturated/α-hetero) is 2. The summed E-state index contributed by atoms with van der Waals surface area (Å²) in [6.07, 6.45) is 3.68. The van der Waals surface area contributed by atoms with E-state index in [0.29, 0.717) is 54.0 Å². The number of aliphatic hydroxyl groups excluding tert-OH is 1. The van der Waals surface area contributed by atoms with E-state index in [4.69, 9.17) is 4.52 Å². The monoisotopic (exact) mass is 344 g/mol. The second-order valence-corrected chi connectivity index (χ2v) is 7.64. The normalized spacial score (nSPS) is 23.7. The van der Waals surface area contributed by atoms with Crippen molar-refractivity contribution in [1.82, 2.24) is 5.16 Å². The van der Waals surface area contributed by atoms with E-state index < -0.39 is 0 Å². The summed E-state index contributed by atoms with van der Waals surface area (Å²) in [5.41, 5.74) is 1.99. The number of hydrogen-bond acceptors (Lipinski definition) is 6. The van der Waals surface area contributed by atoms with E-state index in [-0.39, 0.29) is 29.2 Å². The molecule has 0 spiro atoms. The van der Waals surface area contributed by atoms with Crippen molar-refractivity contribution in [2.45, 2.75) is 58.8 Å². The SMILES string of the molecule is CN=C1CC(C)(C)CC(=O)/C1=C(/O)CCc1noc2c1C(=O)CCC2. The van der Waals surface area contributed by atoms with Crippen molar-refractivity contribution in [2.24, 2.45) is 10.4 Å². The fraction of sp³-hybridized carbons (Fsp3) is 0.579. The molecule has 3 rings (SSSR count). The first kappa shape index (κ1) is 17.6. The van der Waals surface area contributed by atoms with Crippen LogP contribution in [0.2, 0.25) is 0 Å². The lowest BCUT2D eigenvalue weighted by Crippen LogP contribution is -2.32. The molecule has 0 aromatic carbocycles. The molecule has 1 N–H and O–H groups in total. The fourth-order valence-corrected chi connectivity index (χ4v) is 3.72. The minimum atomic E-state index is -0.146. The maximum atomic E-state index is 12.5. The number of aliphatic imine (C=N–C) groups is 1. The first-order valence-electron chi connectivity index (χ1n) is 8.74. The Labute approximate surface area is 147 Å². The average molecular weight is 344 g/mol. The molecule has 1 aromatic heterocycles. The van der Waals surface area contributed by atoms with Crippen molar-refractivity contribution in [3.05, 3.63) is 28.3 Å². The molecule has 6 heteroatoms. The third-order valence-electron chi connectivity index (χ3n) is 4.93. The zero-order valence-electron chi connectivity index (χ0n) is 15.0. The highest BCUT2D eigenvalue weighted by Crippen LogP contribution is 2.36. The van der Waals surface area contributed by atoms with E-state index >= 15 is 0 Å². The van der Waals surface area contributed by atoms with Crippen molar-refractivity contribution in [2.75, 3.05) is 7.05 Å². The summed E-state index contributed by atoms with van der Waals surface area (Å²) in [5.74, 6) is 0.648. The van der Waals surface area contributed by atoms with Gasteiger partial charge in [-0.15, -0.1) is 0 Å². The minimum Gasteiger partial charge on any atom is -0.511 e. The molecule has 0 bridgehead atoms. The van der Waals surface area contributed by atoms with Gasteiger partial charge in [-0.3, -0.25) is 14.6 Å². The molecule has 1 aromatic rings. The average Bonchev–Trinajstić information content (AvgIpc) is 2.95. The minimum absolute atomic E-state index is 0.0288. The number of hydrogen-bond donors (Lipinski definition) is 1. The summed E-state index contributed by atoms with van der Waals surface area (Å²) < 4.78 is 5.27. The number of rotatable bonds is 3. The highest BCUT2D eigenvalue weighted by atomic mass is 16.5. The third-order valence-corrected chi connectivity index (χ3v) is 4.93. The Balaban J connectivity index is 1.81. The standard InChI is InChI=1S/C19H24N2O4/c1-19(2)9-12(20-3)17(15(24)10-19)14(23)8-7-11-18-13(22)5-4-6-16(18)25-21-11/h23H,4-10H2,1-3H3/b17-14+,20-12?. The predicted molar refractivity (Wildman–Crippen MR) is 93.1 cm³/mol. The number of fused-ring (bicyclic) bond motifs is 1. The summed E-state index contributed by atoms with van der Waals surface area (Å²) >= 11 is 0. The lowest BCUT2D eigenvalue weighted by atomic mass is 9.73. The van der Waals surface area contributed by atoms with Crippen molar-refractivity contribution in [3.63, 3.8) is 0 Å². The fourth-order valence-electron chi connectivity index (χ4n) is 3.72. The van der Waals surface area contributed by atoms with Gasteiger partial charge in [0.1, 0.15) is 11.5 Å². The summed E-state index contributed by atoms with van der Waals surface area (Å²) in [4.78, 5) is 28.8. The van der Waals surface area contributed by atoms with E-state index in [2.05, 4.69) is 10.1 Å². The van der Waals surface area contributed by atoms with Crippen molar-refractivity contribution in [1.29, 1.82) is 0 Å². The topological polar surface area (TPSA) is 92.8 Å². The zero-order valence-corrected chi connectivity index (χ0v) is 15.0. The number of aromatic nitrogens is 1. The Kier molecular flexibility index (Phi) is 4.62. The first-order chi connectivity index (χ1) is 11.8. The molecule has 0 amide bonds. The van der Waals surface area contributed by atoms with Crippen LogP contribution in [0.5, 0.6) is 0 Å². The molecule has 1 fully saturated rings. The van der Waals surface area contributed by atoms with Gasteiger partial charge in [-0.1, -0.05) is 19.0 Å². The number of carbonyl (C=O) groups is 2. The van der Waals surface area contributed by atoms with Gasteiger partial charge in [0.25, 0.3) is 0 Å². The zero-order chi connectivity index (χ0) is 18.2. The smallest absolute Gasteiger partial charge is 0.168 e. The Bertz CT molecular complexity index is 783. The van der Waals surface area contributed by atoms with Crippen LogP contribution in [-0.4, -0.2) is 34.6 Å². The van der Waals surface area contributed by atoms with Gasteiger partial charge in [0, 0.05) is 44.9 Å². The summed E-state index contributed by atoms with van der Waals surface area (Å²) in [7, 11) is 1.64. The van der Waals surface area contributed by atoms with E-state index in [0.717, 1.165) is 12.8 Å². The molecule has 0 unspecified atom stereocenters. The van der Waals surface area contributed by atoms with E-state index in [1.807, 2.05) is 13.8 Å². The van der Waals surface area contributed by atoms with Crippen LogP contribution in [0.3, 0.4) is 0 Å². The maximum absolute atomic E-state index is 12.5. The Hall–Kier alpha value is -2.24. The number of carbonyl (C=O) groups excluding carboxylic acids is 2. The number of ketones is 2. The van der Waals surface area contributed by atoms with E-state index in [1.54, 1.807) is 7.05 Å². The van der Waals surface area contributed by atoms with Crippen LogP contribution in [-0.2, 0) is 17.6 Å². The van der Waals surface area contributed by atoms with Crippen LogP contribution >= 0.6 is 0 Å². The molecule has 2 aliphatic rings. The number of allylic oxidation sites excluding steroid dienone is 2. The molecule has 0 radical (unpaired) electrons. The third kappa shape index (κ3) is 3.43. The lowest BCUT2D eigenvalue weighted by molar-refractivity contribution is -0.117. The Morgan fingerprint density at radius 3 is 2.72 bits per heavy atom. The molecule has 0 atom stereocenters. The maximum Gasteiger partial charge on any atom is 0.168 e. The van der Waals surface area contributed by atoms with E-state index in [9.17, 15) is 14.7 Å². The molecule has 2 aliphatic carbocycles. The van der Waals surface area contributed by atoms with Gasteiger partial charge in [-0.05, 0) is 18.3 Å². The van der Waals surface area contributed by atoms with Crippen LogP contribution in [0.25, 0.3) is 0 Å². The molecule has 1 heterocycles. The quantitative estimate of drug-likeness (QED) is 0.670. The highest BCUT2D eigenvalue weighted by molar-refractivity contribution is 6.24. The highest BCUT2D eigenvalue weighted by Gasteiger charge is 2.36. The summed E-state index contributed by atoms with van der Waals surface area (Å²) in [6.45, 7) is 4.05. The largest absolute Gasteiger partial charge is 0.511 e. The van der Waals surface area contributed by atoms with Crippen LogP contribution < -0.4 is 0 Å². The Morgan fingerprint density at radius 1 is 1.24 bits per heavy atom. The summed E-state index contributed by atoms with van der Waals surface area (Å²) in [5, 5.41) is 14.5. The van der Waals surface area contributed by atoms with Gasteiger partial charge >= 0.3 is 0 Å². The van der Waals surface area contributed by atoms with Gasteiger partial charge in [0.15, 0.2) is 11.6 Å². The second kappa shape index (κ2) is 6.58. The second-order valence-electron chi connectivity index (χ2n) is 7.64. The van der Waals surface area contributed by atoms with Crippen LogP contribution in [0.15, 0.2) is 20.8 Å². The summed E-state index contributed by atoms with van der Waals surface area (Å²) in [6, 6.07) is 0. The molecule has 6 nitrogen and oxygen atoms in total. The number of aryl methyl sites for hydroxylation is 2. The molecule has 0 saturated heterocycles. The van der Waals surface area contributed by atoms with Crippen LogP contribution in [0.4, 0.5) is 0 Å². The van der Waals surface area contributed by atoms with Gasteiger partial charge in [-0.2, -0.15) is 0 Å². The van der Waals surface area contributed by atoms with Gasteiger partial charge in [0.05, 0.1) is 16.8 Å². The van der Waals surface area contributed by atoms with Crippen LogP contribution in [0.1, 0.15) is 67.8 Å². The molecular weight excluding hydrogens is 320 g/mol. The number of nitrogens with zero attached hydrogens (tertiary/aromatic N) is 2. The predicted octanol–water partition coefficient (Wildman–Crippen LogP) is 3.40. The van der Waals surface area contributed by atoms with Gasteiger partial charge < -0.3 is 9.63 Å². The lowest BCUT2D eigenvalue weighted by Gasteiger charge is -2.31. The first-order valence-corrected chi connectivity index (χ1v) is 8.74. The molecule has 25 heavy (non-hydrogen) atoms. The molecular formula is C19H24N2O4. The van der Waals surface area contributed by atoms with Gasteiger partial charge in [0.2, 0.25) is 0 Å². The Morgan fingerprint density at radius 2 is 2.00 bits per heavy atom. The van der Waals surface area contributed by atoms with Crippen molar-refractivity contribution in [3.8, 4) is 0 Å². The van der Waals surface area contributed by atoms with Crippen molar-refractivity contribution < 1.29 is 19.2 Å². The van der Waals surface area contributed by atoms with E-state index in [1.165, 1.54) is 0 Å². The van der Waals surface area contributed by atoms with Gasteiger partial charge in [-0.25, -0.2) is 0 Å². The number of aliphatic hydroxyl groups is 1. The molecule has 134 valence electrons. The van der Waals surface area contributed by atoms with Crippen molar-refractivity contribution >= 4 is 17.3 Å². The molecule has 1 saturated carbocycles. The van der Waals surface area contributed by atoms with Crippen LogP contribution in [0, 0.1) is 5.41 Å².